The minimum absolute atomic E-state index is 0.145. The molecule has 2 heterocycles. The van der Waals surface area contributed by atoms with Crippen LogP contribution in [0.25, 0.3) is 5.65 Å². The average Bonchev–Trinajstić information content (AvgIpc) is 2.94. The highest BCUT2D eigenvalue weighted by molar-refractivity contribution is 5.70. The third-order valence-corrected chi connectivity index (χ3v) is 3.97. The predicted octanol–water partition coefficient (Wildman–Crippen LogP) is 1.43. The first-order valence-electron chi connectivity index (χ1n) is 6.86. The molecule has 2 N–H and O–H groups in total. The van der Waals surface area contributed by atoms with Crippen LogP contribution < -0.4 is 5.32 Å². The van der Waals surface area contributed by atoms with E-state index >= 15 is 0 Å². The van der Waals surface area contributed by atoms with E-state index in [9.17, 15) is 9.90 Å². The summed E-state index contributed by atoms with van der Waals surface area (Å²) in [5, 5.41) is 20.4. The highest BCUT2D eigenvalue weighted by Crippen LogP contribution is 2.30. The summed E-state index contributed by atoms with van der Waals surface area (Å²) < 4.78 is 1.78. The third-order valence-electron chi connectivity index (χ3n) is 3.97. The number of fused-ring (bicyclic) bond motifs is 1. The lowest BCUT2D eigenvalue weighted by atomic mass is 9.79. The molecule has 1 aliphatic rings. The first-order chi connectivity index (χ1) is 9.75. The molecule has 0 aliphatic heterocycles. The number of carboxylic acid groups (broad SMARTS) is 1. The Labute approximate surface area is 116 Å². The molecule has 7 heteroatoms. The van der Waals surface area contributed by atoms with Crippen LogP contribution in [-0.4, -0.2) is 37.2 Å². The van der Waals surface area contributed by atoms with Gasteiger partial charge in [0.25, 0.3) is 0 Å². The van der Waals surface area contributed by atoms with Crippen LogP contribution in [0.15, 0.2) is 18.7 Å². The molecule has 0 bridgehead atoms. The summed E-state index contributed by atoms with van der Waals surface area (Å²) in [6, 6.07) is 0. The molecule has 2 aromatic heterocycles. The van der Waals surface area contributed by atoms with Gasteiger partial charge in [-0.1, -0.05) is 12.8 Å². The molecule has 1 saturated carbocycles. The van der Waals surface area contributed by atoms with E-state index in [1.165, 1.54) is 0 Å². The summed E-state index contributed by atoms with van der Waals surface area (Å²) >= 11 is 0. The molecule has 0 amide bonds. The highest BCUT2D eigenvalue weighted by atomic mass is 16.4. The fraction of sp³-hybridized carbons (Fsp3) is 0.538. The van der Waals surface area contributed by atoms with Crippen LogP contribution >= 0.6 is 0 Å². The van der Waals surface area contributed by atoms with Gasteiger partial charge in [-0.2, -0.15) is 0 Å². The quantitative estimate of drug-likeness (QED) is 0.876. The van der Waals surface area contributed by atoms with Crippen molar-refractivity contribution in [1.82, 2.24) is 19.6 Å². The third kappa shape index (κ3) is 2.43. The van der Waals surface area contributed by atoms with E-state index in [4.69, 9.17) is 0 Å². The Hall–Kier alpha value is -2.18. The first-order valence-corrected chi connectivity index (χ1v) is 6.86. The van der Waals surface area contributed by atoms with Gasteiger partial charge in [0.1, 0.15) is 6.33 Å². The molecule has 1 fully saturated rings. The number of aromatic nitrogens is 4. The summed E-state index contributed by atoms with van der Waals surface area (Å²) in [7, 11) is 0. The van der Waals surface area contributed by atoms with Crippen LogP contribution in [0.2, 0.25) is 0 Å². The fourth-order valence-corrected chi connectivity index (χ4v) is 2.89. The van der Waals surface area contributed by atoms with Crippen molar-refractivity contribution in [2.75, 3.05) is 11.9 Å². The predicted molar refractivity (Wildman–Crippen MR) is 72.4 cm³/mol. The smallest absolute Gasteiger partial charge is 0.306 e. The van der Waals surface area contributed by atoms with Gasteiger partial charge in [0, 0.05) is 18.9 Å². The lowest BCUT2D eigenvalue weighted by Crippen LogP contribution is -2.32. The van der Waals surface area contributed by atoms with Crippen molar-refractivity contribution in [3.05, 3.63) is 18.7 Å². The van der Waals surface area contributed by atoms with Crippen molar-refractivity contribution in [3.63, 3.8) is 0 Å². The molecule has 3 rings (SSSR count). The van der Waals surface area contributed by atoms with Crippen LogP contribution in [-0.2, 0) is 4.79 Å². The van der Waals surface area contributed by atoms with Crippen LogP contribution in [0.4, 0.5) is 5.82 Å². The molecule has 0 radical (unpaired) electrons. The molecule has 2 unspecified atom stereocenters. The lowest BCUT2D eigenvalue weighted by Gasteiger charge is -2.28. The van der Waals surface area contributed by atoms with E-state index in [1.54, 1.807) is 23.1 Å². The maximum atomic E-state index is 11.3. The highest BCUT2D eigenvalue weighted by Gasteiger charge is 2.30. The van der Waals surface area contributed by atoms with Crippen molar-refractivity contribution in [3.8, 4) is 0 Å². The molecule has 7 nitrogen and oxygen atoms in total. The topological polar surface area (TPSA) is 92.4 Å². The number of carbonyl (C=O) groups is 1. The molecule has 0 saturated heterocycles. The zero-order chi connectivity index (χ0) is 13.9. The van der Waals surface area contributed by atoms with E-state index in [-0.39, 0.29) is 11.8 Å². The largest absolute Gasteiger partial charge is 0.481 e. The zero-order valence-corrected chi connectivity index (χ0v) is 11.1. The van der Waals surface area contributed by atoms with Crippen LogP contribution in [0, 0.1) is 11.8 Å². The van der Waals surface area contributed by atoms with Crippen LogP contribution in [0.5, 0.6) is 0 Å². The van der Waals surface area contributed by atoms with Gasteiger partial charge in [0.15, 0.2) is 5.82 Å². The SMILES string of the molecule is O=C(O)C1CCCCC1CNc1nccn2cnnc12. The Morgan fingerprint density at radius 1 is 1.45 bits per heavy atom. The monoisotopic (exact) mass is 275 g/mol. The van der Waals surface area contributed by atoms with Crippen molar-refractivity contribution in [2.45, 2.75) is 25.7 Å². The zero-order valence-electron chi connectivity index (χ0n) is 11.1. The minimum atomic E-state index is -0.690. The standard InChI is InChI=1S/C13H17N5O2/c19-13(20)10-4-2-1-3-9(10)7-15-11-12-17-16-8-18(12)6-5-14-11/h5-6,8-10H,1-4,7H2,(H,14,15)(H,19,20). The second-order valence-corrected chi connectivity index (χ2v) is 5.21. The number of rotatable bonds is 4. The summed E-state index contributed by atoms with van der Waals surface area (Å²) in [6.07, 6.45) is 8.88. The average molecular weight is 275 g/mol. The molecule has 20 heavy (non-hydrogen) atoms. The van der Waals surface area contributed by atoms with Crippen LogP contribution in [0.3, 0.4) is 0 Å². The van der Waals surface area contributed by atoms with Gasteiger partial charge in [0.05, 0.1) is 5.92 Å². The van der Waals surface area contributed by atoms with Crippen molar-refractivity contribution in [2.24, 2.45) is 11.8 Å². The number of hydrogen-bond acceptors (Lipinski definition) is 5. The van der Waals surface area contributed by atoms with Gasteiger partial charge in [-0.25, -0.2) is 4.98 Å². The van der Waals surface area contributed by atoms with E-state index in [0.717, 1.165) is 25.7 Å². The van der Waals surface area contributed by atoms with Gasteiger partial charge in [-0.05, 0) is 18.8 Å². The summed E-state index contributed by atoms with van der Waals surface area (Å²) in [4.78, 5) is 15.5. The molecule has 0 aromatic carbocycles. The maximum absolute atomic E-state index is 11.3. The Morgan fingerprint density at radius 2 is 2.30 bits per heavy atom. The molecular formula is C13H17N5O2. The van der Waals surface area contributed by atoms with E-state index in [1.807, 2.05) is 0 Å². The second-order valence-electron chi connectivity index (χ2n) is 5.21. The number of carboxylic acids is 1. The molecule has 1 aliphatic carbocycles. The second kappa shape index (κ2) is 5.44. The van der Waals surface area contributed by atoms with Crippen molar-refractivity contribution in [1.29, 1.82) is 0 Å². The van der Waals surface area contributed by atoms with Gasteiger partial charge >= 0.3 is 5.97 Å². The molecule has 106 valence electrons. The van der Waals surface area contributed by atoms with Gasteiger partial charge in [0.2, 0.25) is 5.65 Å². The molecule has 2 aromatic rings. The Morgan fingerprint density at radius 3 is 3.15 bits per heavy atom. The number of anilines is 1. The van der Waals surface area contributed by atoms with E-state index in [2.05, 4.69) is 20.5 Å². The lowest BCUT2D eigenvalue weighted by molar-refractivity contribution is -0.144. The van der Waals surface area contributed by atoms with Crippen LogP contribution in [0.1, 0.15) is 25.7 Å². The Balaban J connectivity index is 1.72. The first kappa shape index (κ1) is 12.8. The van der Waals surface area contributed by atoms with E-state index < -0.39 is 5.97 Å². The molecule has 2 atom stereocenters. The number of aliphatic carboxylic acids is 1. The summed E-state index contributed by atoms with van der Waals surface area (Å²) in [5.74, 6) is -0.148. The summed E-state index contributed by atoms with van der Waals surface area (Å²) in [6.45, 7) is 0.608. The van der Waals surface area contributed by atoms with Gasteiger partial charge in [-0.15, -0.1) is 10.2 Å². The minimum Gasteiger partial charge on any atom is -0.481 e. The number of hydrogen-bond donors (Lipinski definition) is 2. The number of nitrogens with one attached hydrogen (secondary N) is 1. The fourth-order valence-electron chi connectivity index (χ4n) is 2.89. The van der Waals surface area contributed by atoms with Crippen molar-refractivity contribution >= 4 is 17.4 Å². The number of nitrogens with zero attached hydrogens (tertiary/aromatic N) is 4. The van der Waals surface area contributed by atoms with Gasteiger partial charge in [-0.3, -0.25) is 9.20 Å². The van der Waals surface area contributed by atoms with Crippen molar-refractivity contribution < 1.29 is 9.90 Å². The van der Waals surface area contributed by atoms with Gasteiger partial charge < -0.3 is 10.4 Å². The Bertz CT molecular complexity index is 612. The van der Waals surface area contributed by atoms with E-state index in [0.29, 0.717) is 18.0 Å². The molecular weight excluding hydrogens is 258 g/mol. The maximum Gasteiger partial charge on any atom is 0.306 e. The summed E-state index contributed by atoms with van der Waals surface area (Å²) in [5.41, 5.74) is 0.662. The Kier molecular flexibility index (Phi) is 3.49. The molecule has 0 spiro atoms. The normalized spacial score (nSPS) is 22.8.